The minimum Gasteiger partial charge on any atom is -0.497 e. The second kappa shape index (κ2) is 18.8. The van der Waals surface area contributed by atoms with Gasteiger partial charge in [-0.15, -0.1) is 0 Å². The lowest BCUT2D eigenvalue weighted by molar-refractivity contribution is 0.0535. The Hall–Kier alpha value is -3.61. The van der Waals surface area contributed by atoms with Gasteiger partial charge in [-0.25, -0.2) is 4.79 Å². The molecule has 0 aliphatic heterocycles. The van der Waals surface area contributed by atoms with Crippen molar-refractivity contribution >= 4 is 22.8 Å². The molecule has 2 aliphatic carbocycles. The van der Waals surface area contributed by atoms with E-state index in [1.165, 1.54) is 28.7 Å². The van der Waals surface area contributed by atoms with Crippen LogP contribution in [0.25, 0.3) is 0 Å². The summed E-state index contributed by atoms with van der Waals surface area (Å²) in [6, 6.07) is 13.6. The fraction of sp³-hybridized carbons (Fsp3) is 0.389. The Morgan fingerprint density at radius 1 is 0.791 bits per heavy atom. The third-order valence-electron chi connectivity index (χ3n) is 7.64. The molecule has 232 valence electrons. The molecular weight excluding hydrogens is 564 g/mol. The quantitative estimate of drug-likeness (QED) is 0.175. The molecule has 43 heavy (non-hydrogen) atoms. The molecule has 0 fully saturated rings. The number of aliphatic hydroxyl groups is 1. The van der Waals surface area contributed by atoms with Gasteiger partial charge in [-0.05, 0) is 135 Å². The monoisotopic (exact) mass is 608 g/mol. The van der Waals surface area contributed by atoms with Crippen LogP contribution in [0.5, 0.6) is 11.5 Å². The van der Waals surface area contributed by atoms with Gasteiger partial charge < -0.3 is 19.3 Å². The van der Waals surface area contributed by atoms with E-state index in [1.54, 1.807) is 62.8 Å². The first-order valence-corrected chi connectivity index (χ1v) is 14.9. The van der Waals surface area contributed by atoms with Crippen molar-refractivity contribution in [3.05, 3.63) is 107 Å². The van der Waals surface area contributed by atoms with Crippen molar-refractivity contribution in [1.82, 2.24) is 0 Å². The topological polar surface area (TPSA) is 82.1 Å². The first kappa shape index (κ1) is 35.6. The summed E-state index contributed by atoms with van der Waals surface area (Å²) in [5, 5.41) is 8.37. The number of carbonyl (C=O) groups excluding carboxylic acids is 2. The van der Waals surface area contributed by atoms with Crippen LogP contribution in [0.3, 0.4) is 0 Å². The number of esters is 1. The largest absolute Gasteiger partial charge is 0.497 e. The van der Waals surface area contributed by atoms with Crippen LogP contribution >= 0.6 is 11.6 Å². The summed E-state index contributed by atoms with van der Waals surface area (Å²) in [6.07, 6.45) is 10.7. The number of carbonyl (C=O) groups is 2. The zero-order valence-electron chi connectivity index (χ0n) is 25.9. The summed E-state index contributed by atoms with van der Waals surface area (Å²) < 4.78 is 15.3. The van der Waals surface area contributed by atoms with E-state index >= 15 is 0 Å². The number of ether oxygens (including phenoxy) is 3. The second-order valence-corrected chi connectivity index (χ2v) is 11.2. The number of benzene rings is 2. The highest BCUT2D eigenvalue weighted by Gasteiger charge is 2.16. The number of hydrogen-bond acceptors (Lipinski definition) is 6. The van der Waals surface area contributed by atoms with Crippen LogP contribution in [0.1, 0.15) is 73.1 Å². The van der Waals surface area contributed by atoms with Crippen molar-refractivity contribution in [3.8, 4) is 11.5 Å². The normalized spacial score (nSPS) is 17.3. The summed E-state index contributed by atoms with van der Waals surface area (Å²) in [5.74, 6) is 2.39. The average Bonchev–Trinajstić information content (AvgIpc) is 3.04. The zero-order chi connectivity index (χ0) is 31.8. The van der Waals surface area contributed by atoms with Gasteiger partial charge in [0.15, 0.2) is 0 Å². The predicted octanol–water partition coefficient (Wildman–Crippen LogP) is 8.51. The maximum atomic E-state index is 12.0. The van der Waals surface area contributed by atoms with Crippen molar-refractivity contribution in [3.63, 3.8) is 0 Å². The number of aliphatic hydroxyl groups excluding tert-OH is 1. The fourth-order valence-electron chi connectivity index (χ4n) is 4.64. The van der Waals surface area contributed by atoms with Crippen LogP contribution in [-0.4, -0.2) is 43.8 Å². The van der Waals surface area contributed by atoms with E-state index < -0.39 is 5.24 Å². The van der Waals surface area contributed by atoms with Crippen LogP contribution in [0, 0.1) is 11.8 Å². The van der Waals surface area contributed by atoms with Gasteiger partial charge in [0, 0.05) is 5.56 Å². The van der Waals surface area contributed by atoms with Gasteiger partial charge in [0.1, 0.15) is 18.1 Å². The number of allylic oxidation sites excluding steroid dienone is 4. The zero-order valence-corrected chi connectivity index (χ0v) is 26.6. The molecule has 2 aromatic carbocycles. The molecular formula is C36H45ClO6. The Kier molecular flexibility index (Phi) is 15.6. The van der Waals surface area contributed by atoms with Crippen molar-refractivity contribution in [1.29, 1.82) is 0 Å². The Morgan fingerprint density at radius 2 is 1.23 bits per heavy atom. The van der Waals surface area contributed by atoms with Crippen molar-refractivity contribution < 1.29 is 28.9 Å². The van der Waals surface area contributed by atoms with Gasteiger partial charge in [0.25, 0.3) is 5.24 Å². The first-order valence-electron chi connectivity index (χ1n) is 14.5. The lowest BCUT2D eigenvalue weighted by atomic mass is 9.86. The lowest BCUT2D eigenvalue weighted by Gasteiger charge is -2.22. The number of rotatable bonds is 9. The van der Waals surface area contributed by atoms with Crippen LogP contribution < -0.4 is 9.47 Å². The molecule has 0 unspecified atom stereocenters. The third kappa shape index (κ3) is 12.7. The maximum Gasteiger partial charge on any atom is 0.338 e. The van der Waals surface area contributed by atoms with E-state index in [2.05, 4.69) is 39.2 Å². The van der Waals surface area contributed by atoms with Crippen LogP contribution in [0.4, 0.5) is 0 Å². The molecule has 2 aliphatic rings. The van der Waals surface area contributed by atoms with Crippen molar-refractivity contribution in [2.45, 2.75) is 52.4 Å². The van der Waals surface area contributed by atoms with E-state index in [0.29, 0.717) is 35.3 Å². The predicted molar refractivity (Wildman–Crippen MR) is 174 cm³/mol. The number of hydrogen-bond donors (Lipinski definition) is 1. The maximum absolute atomic E-state index is 12.0. The van der Waals surface area contributed by atoms with E-state index in [0.717, 1.165) is 37.9 Å². The molecule has 2 aromatic rings. The summed E-state index contributed by atoms with van der Waals surface area (Å²) >= 11 is 5.22. The molecule has 2 atom stereocenters. The summed E-state index contributed by atoms with van der Waals surface area (Å²) in [4.78, 5) is 22.5. The minimum absolute atomic E-state index is 0.239. The van der Waals surface area contributed by atoms with Crippen LogP contribution in [0.15, 0.2) is 96.1 Å². The highest BCUT2D eigenvalue weighted by Crippen LogP contribution is 2.29. The molecule has 7 heteroatoms. The van der Waals surface area contributed by atoms with Crippen molar-refractivity contribution in [2.24, 2.45) is 11.8 Å². The average molecular weight is 609 g/mol. The summed E-state index contributed by atoms with van der Waals surface area (Å²) in [6.45, 7) is 12.7. The van der Waals surface area contributed by atoms with E-state index in [9.17, 15) is 9.59 Å². The summed E-state index contributed by atoms with van der Waals surface area (Å²) in [5.41, 5.74) is 5.94. The standard InChI is InChI=1S/C18H22O3.C10H16O.C8H7ClO2/c1-13(2)15-6-4-14(5-7-15)12-21-18(19)16-8-10-17(20-3)11-9-16;1-8(2)10-5-3-9(7-11)4-6-10;1-11-7-4-2-6(3-5-7)8(9)10/h4,8-11,15H,1,5-7,12H2,2-3H3;3,10-11H,1,4-7H2,2H3;2-5H,1H3/t15-;10-;/m11./s1. The highest BCUT2D eigenvalue weighted by atomic mass is 35.5. The third-order valence-corrected chi connectivity index (χ3v) is 7.86. The molecule has 0 radical (unpaired) electrons. The lowest BCUT2D eigenvalue weighted by Crippen LogP contribution is -2.12. The molecule has 0 heterocycles. The van der Waals surface area contributed by atoms with Gasteiger partial charge in [-0.2, -0.15) is 0 Å². The van der Waals surface area contributed by atoms with Crippen LogP contribution in [0.2, 0.25) is 0 Å². The van der Waals surface area contributed by atoms with Gasteiger partial charge in [-0.1, -0.05) is 36.5 Å². The minimum atomic E-state index is -0.451. The number of halogens is 1. The van der Waals surface area contributed by atoms with E-state index in [1.807, 2.05) is 0 Å². The van der Waals surface area contributed by atoms with Gasteiger partial charge >= 0.3 is 5.97 Å². The van der Waals surface area contributed by atoms with Crippen molar-refractivity contribution in [2.75, 3.05) is 27.4 Å². The summed E-state index contributed by atoms with van der Waals surface area (Å²) in [7, 11) is 3.17. The highest BCUT2D eigenvalue weighted by molar-refractivity contribution is 6.67. The van der Waals surface area contributed by atoms with E-state index in [4.69, 9.17) is 30.9 Å². The smallest absolute Gasteiger partial charge is 0.338 e. The Morgan fingerprint density at radius 3 is 1.58 bits per heavy atom. The Labute approximate surface area is 261 Å². The molecule has 0 saturated carbocycles. The molecule has 1 N–H and O–H groups in total. The Balaban J connectivity index is 0.000000247. The molecule has 6 nitrogen and oxygen atoms in total. The SMILES string of the molecule is C=C(C)[C@@H]1CC=C(CO)CC1.C=C(C)[C@@H]1CC=C(COC(=O)c2ccc(OC)cc2)CC1.COc1ccc(C(=O)Cl)cc1. The van der Waals surface area contributed by atoms with E-state index in [-0.39, 0.29) is 12.6 Å². The molecule has 0 bridgehead atoms. The van der Waals surface area contributed by atoms with Gasteiger partial charge in [0.2, 0.25) is 0 Å². The molecule has 4 rings (SSSR count). The number of methoxy groups -OCH3 is 2. The molecule has 0 amide bonds. The Bertz CT molecular complexity index is 1270. The second-order valence-electron chi connectivity index (χ2n) is 10.8. The molecule has 0 aromatic heterocycles. The fourth-order valence-corrected chi connectivity index (χ4v) is 4.76. The van der Waals surface area contributed by atoms with Crippen LogP contribution in [-0.2, 0) is 4.74 Å². The first-order chi connectivity index (χ1) is 20.6. The molecule has 0 spiro atoms. The van der Waals surface area contributed by atoms with Gasteiger partial charge in [-0.3, -0.25) is 4.79 Å². The molecule has 0 saturated heterocycles. The van der Waals surface area contributed by atoms with Gasteiger partial charge in [0.05, 0.1) is 26.4 Å².